The van der Waals surface area contributed by atoms with Crippen molar-refractivity contribution in [3.63, 3.8) is 0 Å². The molecule has 0 aliphatic carbocycles. The minimum Gasteiger partial charge on any atom is -0.258 e. The van der Waals surface area contributed by atoms with E-state index >= 15 is 0 Å². The van der Waals surface area contributed by atoms with Gasteiger partial charge in [-0.1, -0.05) is 6.92 Å². The fourth-order valence-electron chi connectivity index (χ4n) is 1.83. The minimum absolute atomic E-state index is 0.567. The van der Waals surface area contributed by atoms with Gasteiger partial charge in [0.15, 0.2) is 0 Å². The van der Waals surface area contributed by atoms with Gasteiger partial charge in [-0.2, -0.15) is 0 Å². The molecule has 72 valence electrons. The number of alkyl halides is 1. The van der Waals surface area contributed by atoms with Crippen LogP contribution in [-0.4, -0.2) is 4.98 Å². The molecule has 0 aliphatic rings. The van der Waals surface area contributed by atoms with Gasteiger partial charge in [0.2, 0.25) is 0 Å². The molecular weight excluding hydrogens is 182 g/mol. The molecule has 2 heteroatoms. The average molecular weight is 198 g/mol. The van der Waals surface area contributed by atoms with Crippen LogP contribution in [0.2, 0.25) is 0 Å². The Labute approximate surface area is 85.1 Å². The molecule has 0 amide bonds. The standard InChI is InChI=1S/C11H16ClN/c1-5-10-7(2)11(6-12)9(4)13-8(10)3/h5-6H2,1-4H3. The highest BCUT2D eigenvalue weighted by Gasteiger charge is 2.09. The molecule has 0 radical (unpaired) electrons. The Morgan fingerprint density at radius 2 is 1.62 bits per heavy atom. The smallest absolute Gasteiger partial charge is 0.0494 e. The Bertz CT molecular complexity index is 290. The monoisotopic (exact) mass is 197 g/mol. The first-order valence-corrected chi connectivity index (χ1v) is 5.16. The maximum absolute atomic E-state index is 5.88. The normalized spacial score (nSPS) is 10.5. The molecule has 0 saturated carbocycles. The van der Waals surface area contributed by atoms with E-state index in [1.54, 1.807) is 0 Å². The number of hydrogen-bond acceptors (Lipinski definition) is 1. The fraction of sp³-hybridized carbons (Fsp3) is 0.545. The van der Waals surface area contributed by atoms with Crippen molar-refractivity contribution >= 4 is 11.6 Å². The van der Waals surface area contributed by atoms with Gasteiger partial charge in [-0.25, -0.2) is 0 Å². The van der Waals surface area contributed by atoms with E-state index in [4.69, 9.17) is 11.6 Å². The number of hydrogen-bond donors (Lipinski definition) is 0. The van der Waals surface area contributed by atoms with Crippen molar-refractivity contribution in [2.24, 2.45) is 0 Å². The van der Waals surface area contributed by atoms with Crippen molar-refractivity contribution < 1.29 is 0 Å². The molecule has 13 heavy (non-hydrogen) atoms. The van der Waals surface area contributed by atoms with Crippen LogP contribution in [-0.2, 0) is 12.3 Å². The third-order valence-electron chi connectivity index (χ3n) is 2.60. The van der Waals surface area contributed by atoms with Gasteiger partial charge in [-0.3, -0.25) is 4.98 Å². The second-order valence-electron chi connectivity index (χ2n) is 3.35. The number of rotatable bonds is 2. The Morgan fingerprint density at radius 3 is 2.08 bits per heavy atom. The minimum atomic E-state index is 0.567. The van der Waals surface area contributed by atoms with E-state index in [0.29, 0.717) is 5.88 Å². The van der Waals surface area contributed by atoms with Crippen LogP contribution < -0.4 is 0 Å². The van der Waals surface area contributed by atoms with Gasteiger partial charge in [-0.15, -0.1) is 11.6 Å². The maximum atomic E-state index is 5.88. The lowest BCUT2D eigenvalue weighted by atomic mass is 9.99. The van der Waals surface area contributed by atoms with Crippen LogP contribution in [0.5, 0.6) is 0 Å². The van der Waals surface area contributed by atoms with Crippen LogP contribution in [0.4, 0.5) is 0 Å². The second-order valence-corrected chi connectivity index (χ2v) is 3.62. The molecule has 0 N–H and O–H groups in total. The summed E-state index contributed by atoms with van der Waals surface area (Å²) >= 11 is 5.88. The molecule has 1 heterocycles. The van der Waals surface area contributed by atoms with Gasteiger partial charge in [0, 0.05) is 17.3 Å². The summed E-state index contributed by atoms with van der Waals surface area (Å²) in [6.07, 6.45) is 1.04. The van der Waals surface area contributed by atoms with E-state index in [-0.39, 0.29) is 0 Å². The van der Waals surface area contributed by atoms with E-state index in [2.05, 4.69) is 25.8 Å². The first-order chi connectivity index (χ1) is 6.11. The van der Waals surface area contributed by atoms with Crippen molar-refractivity contribution in [3.05, 3.63) is 28.1 Å². The highest BCUT2D eigenvalue weighted by Crippen LogP contribution is 2.21. The zero-order valence-electron chi connectivity index (χ0n) is 8.74. The molecule has 0 unspecified atom stereocenters. The first kappa shape index (κ1) is 10.5. The summed E-state index contributed by atoms with van der Waals surface area (Å²) in [5.74, 6) is 0.567. The lowest BCUT2D eigenvalue weighted by Gasteiger charge is -2.13. The number of aryl methyl sites for hydroxylation is 2. The van der Waals surface area contributed by atoms with E-state index in [9.17, 15) is 0 Å². The third kappa shape index (κ3) is 1.86. The van der Waals surface area contributed by atoms with Crippen molar-refractivity contribution in [2.45, 2.75) is 40.0 Å². The average Bonchev–Trinajstić information content (AvgIpc) is 2.04. The van der Waals surface area contributed by atoms with Crippen LogP contribution >= 0.6 is 11.6 Å². The highest BCUT2D eigenvalue weighted by molar-refractivity contribution is 6.17. The van der Waals surface area contributed by atoms with Gasteiger partial charge < -0.3 is 0 Å². The van der Waals surface area contributed by atoms with Crippen LogP contribution in [0.3, 0.4) is 0 Å². The summed E-state index contributed by atoms with van der Waals surface area (Å²) < 4.78 is 0. The molecule has 0 atom stereocenters. The number of aromatic nitrogens is 1. The first-order valence-electron chi connectivity index (χ1n) is 4.63. The van der Waals surface area contributed by atoms with Crippen LogP contribution in [0.15, 0.2) is 0 Å². The summed E-state index contributed by atoms with van der Waals surface area (Å²) in [5, 5.41) is 0. The highest BCUT2D eigenvalue weighted by atomic mass is 35.5. The zero-order valence-corrected chi connectivity index (χ0v) is 9.50. The Kier molecular flexibility index (Phi) is 3.32. The van der Waals surface area contributed by atoms with Crippen molar-refractivity contribution in [1.29, 1.82) is 0 Å². The molecule has 1 aromatic rings. The maximum Gasteiger partial charge on any atom is 0.0494 e. The Balaban J connectivity index is 3.39. The molecule has 0 spiro atoms. The topological polar surface area (TPSA) is 12.9 Å². The number of pyridine rings is 1. The zero-order chi connectivity index (χ0) is 10.0. The number of nitrogens with zero attached hydrogens (tertiary/aromatic N) is 1. The van der Waals surface area contributed by atoms with E-state index < -0.39 is 0 Å². The van der Waals surface area contributed by atoms with Crippen LogP contribution in [0.1, 0.15) is 35.0 Å². The molecule has 1 nitrogen and oxygen atoms in total. The Hall–Kier alpha value is -0.560. The van der Waals surface area contributed by atoms with Crippen molar-refractivity contribution in [3.8, 4) is 0 Å². The van der Waals surface area contributed by atoms with Crippen molar-refractivity contribution in [2.75, 3.05) is 0 Å². The van der Waals surface area contributed by atoms with E-state index in [0.717, 1.165) is 17.8 Å². The fourth-order valence-corrected chi connectivity index (χ4v) is 2.22. The molecule has 1 rings (SSSR count). The summed E-state index contributed by atoms with van der Waals surface area (Å²) in [6, 6.07) is 0. The largest absolute Gasteiger partial charge is 0.258 e. The molecule has 1 aromatic heterocycles. The van der Waals surface area contributed by atoms with Crippen LogP contribution in [0.25, 0.3) is 0 Å². The van der Waals surface area contributed by atoms with E-state index in [1.165, 1.54) is 16.7 Å². The summed E-state index contributed by atoms with van der Waals surface area (Å²) in [5.41, 5.74) is 6.08. The van der Waals surface area contributed by atoms with Gasteiger partial charge in [0.05, 0.1) is 0 Å². The van der Waals surface area contributed by atoms with Gasteiger partial charge in [0.25, 0.3) is 0 Å². The van der Waals surface area contributed by atoms with Crippen LogP contribution in [0, 0.1) is 20.8 Å². The third-order valence-corrected chi connectivity index (χ3v) is 2.87. The van der Waals surface area contributed by atoms with Crippen molar-refractivity contribution in [1.82, 2.24) is 4.98 Å². The molecule has 0 bridgehead atoms. The van der Waals surface area contributed by atoms with E-state index in [1.807, 2.05) is 6.92 Å². The summed E-state index contributed by atoms with van der Waals surface area (Å²) in [7, 11) is 0. The molecular formula is C11H16ClN. The molecule has 0 saturated heterocycles. The van der Waals surface area contributed by atoms with Gasteiger partial charge in [0.1, 0.15) is 0 Å². The van der Waals surface area contributed by atoms with Gasteiger partial charge in [-0.05, 0) is 43.9 Å². The SMILES string of the molecule is CCc1c(C)nc(C)c(CCl)c1C. The molecule has 0 aliphatic heterocycles. The van der Waals surface area contributed by atoms with Gasteiger partial charge >= 0.3 is 0 Å². The quantitative estimate of drug-likeness (QED) is 0.663. The second kappa shape index (κ2) is 4.10. The summed E-state index contributed by atoms with van der Waals surface area (Å²) in [6.45, 7) is 8.39. The lowest BCUT2D eigenvalue weighted by Crippen LogP contribution is -2.03. The molecule has 0 fully saturated rings. The lowest BCUT2D eigenvalue weighted by molar-refractivity contribution is 0.969. The molecule has 0 aromatic carbocycles. The predicted molar refractivity (Wildman–Crippen MR) is 57.4 cm³/mol. The predicted octanol–water partition coefficient (Wildman–Crippen LogP) is 3.31. The summed E-state index contributed by atoms with van der Waals surface area (Å²) in [4.78, 5) is 4.49. The number of halogens is 1. The Morgan fingerprint density at radius 1 is 1.08 bits per heavy atom.